The molecule has 1 aliphatic heterocycles. The Morgan fingerprint density at radius 2 is 1.55 bits per heavy atom. The molecule has 0 aromatic heterocycles. The minimum atomic E-state index is -0.717. The van der Waals surface area contributed by atoms with Gasteiger partial charge in [-0.2, -0.15) is 0 Å². The van der Waals surface area contributed by atoms with E-state index in [0.29, 0.717) is 46.8 Å². The molecule has 5 rings (SSSR count). The molecule has 0 saturated carbocycles. The number of imide groups is 1. The maximum Gasteiger partial charge on any atom is 0.262 e. The Morgan fingerprint density at radius 1 is 0.881 bits per heavy atom. The molecule has 11 heteroatoms. The second-order valence-corrected chi connectivity index (χ2v) is 9.89. The van der Waals surface area contributed by atoms with Gasteiger partial charge in [0.15, 0.2) is 11.5 Å². The van der Waals surface area contributed by atoms with E-state index in [4.69, 9.17) is 14.2 Å². The van der Waals surface area contributed by atoms with Gasteiger partial charge in [-0.3, -0.25) is 28.9 Å². The smallest absolute Gasteiger partial charge is 0.262 e. The van der Waals surface area contributed by atoms with Crippen LogP contribution in [-0.2, 0) is 16.0 Å². The fourth-order valence-corrected chi connectivity index (χ4v) is 5.53. The Hall–Kier alpha value is -5.19. The lowest BCUT2D eigenvalue weighted by Gasteiger charge is -2.19. The van der Waals surface area contributed by atoms with Gasteiger partial charge in [0.1, 0.15) is 6.54 Å². The van der Waals surface area contributed by atoms with Gasteiger partial charge in [0, 0.05) is 12.5 Å². The van der Waals surface area contributed by atoms with Crippen molar-refractivity contribution in [2.75, 3.05) is 33.2 Å². The summed E-state index contributed by atoms with van der Waals surface area (Å²) < 4.78 is 16.9. The molecule has 4 amide bonds. The number of ether oxygens (including phenoxy) is 3. The third-order valence-corrected chi connectivity index (χ3v) is 7.37. The van der Waals surface area contributed by atoms with E-state index in [-0.39, 0.29) is 22.7 Å². The molecular formula is C31H29N3O8. The average Bonchev–Trinajstić information content (AvgIpc) is 3.08. The lowest BCUT2D eigenvalue weighted by Crippen LogP contribution is -2.37. The number of hydrogen-bond acceptors (Lipinski definition) is 8. The van der Waals surface area contributed by atoms with Gasteiger partial charge in [0.25, 0.3) is 11.8 Å². The number of nitrogens with zero attached hydrogens (tertiary/aromatic N) is 1. The molecule has 11 nitrogen and oxygen atoms in total. The molecule has 1 heterocycles. The average molecular weight is 572 g/mol. The number of carbonyl (C=O) groups is 4. The van der Waals surface area contributed by atoms with E-state index in [0.717, 1.165) is 10.5 Å². The summed E-state index contributed by atoms with van der Waals surface area (Å²) in [5.41, 5.74) is 2.50. The number of benzene rings is 2. The topological polar surface area (TPSA) is 140 Å². The van der Waals surface area contributed by atoms with Crippen LogP contribution in [0.25, 0.3) is 11.1 Å². The van der Waals surface area contributed by atoms with Crippen LogP contribution in [0, 0.1) is 0 Å². The Labute approximate surface area is 241 Å². The molecule has 2 N–H and O–H groups in total. The number of fused-ring (bicyclic) bond motifs is 4. The van der Waals surface area contributed by atoms with Crippen LogP contribution >= 0.6 is 0 Å². The fraction of sp³-hybridized carbons (Fsp3) is 0.258. The molecule has 0 fully saturated rings. The van der Waals surface area contributed by atoms with E-state index in [1.54, 1.807) is 18.2 Å². The van der Waals surface area contributed by atoms with E-state index in [1.165, 1.54) is 52.5 Å². The maximum absolute atomic E-state index is 13.5. The minimum absolute atomic E-state index is 0.0627. The Kier molecular flexibility index (Phi) is 7.66. The van der Waals surface area contributed by atoms with Crippen molar-refractivity contribution in [3.05, 3.63) is 81.0 Å². The summed E-state index contributed by atoms with van der Waals surface area (Å²) in [7, 11) is 4.52. The van der Waals surface area contributed by atoms with Crippen LogP contribution in [0.15, 0.2) is 53.3 Å². The van der Waals surface area contributed by atoms with E-state index >= 15 is 0 Å². The van der Waals surface area contributed by atoms with Crippen LogP contribution in [0.3, 0.4) is 0 Å². The van der Waals surface area contributed by atoms with E-state index in [9.17, 15) is 24.0 Å². The lowest BCUT2D eigenvalue weighted by atomic mass is 9.95. The molecule has 3 aromatic carbocycles. The molecule has 1 aliphatic carbocycles. The van der Waals surface area contributed by atoms with Crippen molar-refractivity contribution in [1.29, 1.82) is 0 Å². The summed E-state index contributed by atoms with van der Waals surface area (Å²) in [5, 5.41) is 5.48. The van der Waals surface area contributed by atoms with Gasteiger partial charge < -0.3 is 24.8 Å². The first-order valence-electron chi connectivity index (χ1n) is 13.2. The predicted molar refractivity (Wildman–Crippen MR) is 153 cm³/mol. The number of amides is 4. The van der Waals surface area contributed by atoms with Crippen LogP contribution in [-0.4, -0.2) is 56.4 Å². The fourth-order valence-electron chi connectivity index (χ4n) is 5.53. The van der Waals surface area contributed by atoms with Crippen molar-refractivity contribution in [3.8, 4) is 28.4 Å². The number of methoxy groups -OCH3 is 3. The Morgan fingerprint density at radius 3 is 2.14 bits per heavy atom. The van der Waals surface area contributed by atoms with Crippen molar-refractivity contribution in [2.24, 2.45) is 0 Å². The number of rotatable bonds is 7. The van der Waals surface area contributed by atoms with Gasteiger partial charge in [-0.25, -0.2) is 0 Å². The third kappa shape index (κ3) is 4.93. The highest BCUT2D eigenvalue weighted by Crippen LogP contribution is 2.50. The minimum Gasteiger partial charge on any atom is -0.493 e. The number of carbonyl (C=O) groups excluding carboxylic acids is 4. The maximum atomic E-state index is 13.5. The summed E-state index contributed by atoms with van der Waals surface area (Å²) in [5.74, 6) is -0.913. The summed E-state index contributed by atoms with van der Waals surface area (Å²) in [6.45, 7) is 0.836. The second kappa shape index (κ2) is 11.4. The van der Waals surface area contributed by atoms with Gasteiger partial charge in [0.05, 0.1) is 44.2 Å². The SMILES string of the molecule is COc1cc2c(c(OC)c1OC)-c1ccc(NC(=O)CN3C(=O)c4ccccc4C3=O)c(=O)cc1[C@H](NC(C)=O)CC2. The van der Waals surface area contributed by atoms with Crippen LogP contribution in [0.4, 0.5) is 5.69 Å². The number of nitrogens with one attached hydrogen (secondary N) is 2. The zero-order valence-electron chi connectivity index (χ0n) is 23.5. The summed E-state index contributed by atoms with van der Waals surface area (Å²) in [6, 6.07) is 12.1. The number of aryl methyl sites for hydroxylation is 1. The van der Waals surface area contributed by atoms with E-state index in [2.05, 4.69) is 10.6 Å². The second-order valence-electron chi connectivity index (χ2n) is 9.89. The summed E-state index contributed by atoms with van der Waals surface area (Å²) in [6.07, 6.45) is 1.01. The first kappa shape index (κ1) is 28.3. The highest BCUT2D eigenvalue weighted by Gasteiger charge is 2.36. The normalized spacial score (nSPS) is 15.1. The molecule has 42 heavy (non-hydrogen) atoms. The van der Waals surface area contributed by atoms with Gasteiger partial charge in [-0.1, -0.05) is 18.2 Å². The van der Waals surface area contributed by atoms with E-state index < -0.39 is 35.7 Å². The predicted octanol–water partition coefficient (Wildman–Crippen LogP) is 3.10. The highest BCUT2D eigenvalue weighted by atomic mass is 16.5. The third-order valence-electron chi connectivity index (χ3n) is 7.37. The Bertz CT molecular complexity index is 1670. The van der Waals surface area contributed by atoms with Gasteiger partial charge >= 0.3 is 0 Å². The molecule has 1 atom stereocenters. The first-order valence-corrected chi connectivity index (χ1v) is 13.2. The summed E-state index contributed by atoms with van der Waals surface area (Å²) >= 11 is 0. The van der Waals surface area contributed by atoms with Crippen molar-refractivity contribution in [2.45, 2.75) is 25.8 Å². The first-order chi connectivity index (χ1) is 20.2. The molecule has 0 saturated heterocycles. The lowest BCUT2D eigenvalue weighted by molar-refractivity contribution is -0.119. The molecular weight excluding hydrogens is 542 g/mol. The van der Waals surface area contributed by atoms with Crippen LogP contribution in [0.5, 0.6) is 17.2 Å². The van der Waals surface area contributed by atoms with E-state index in [1.807, 2.05) is 6.07 Å². The van der Waals surface area contributed by atoms with Gasteiger partial charge in [-0.15, -0.1) is 0 Å². The zero-order chi connectivity index (χ0) is 30.1. The highest BCUT2D eigenvalue weighted by molar-refractivity contribution is 6.22. The monoisotopic (exact) mass is 571 g/mol. The van der Waals surface area contributed by atoms with Crippen molar-refractivity contribution in [1.82, 2.24) is 10.2 Å². The van der Waals surface area contributed by atoms with Crippen LogP contribution in [0.2, 0.25) is 0 Å². The van der Waals surface area contributed by atoms with Crippen molar-refractivity contribution in [3.63, 3.8) is 0 Å². The molecule has 3 aromatic rings. The van der Waals surface area contributed by atoms with Crippen molar-refractivity contribution < 1.29 is 33.4 Å². The largest absolute Gasteiger partial charge is 0.493 e. The van der Waals surface area contributed by atoms with Gasteiger partial charge in [0.2, 0.25) is 23.0 Å². The van der Waals surface area contributed by atoms with Gasteiger partial charge in [-0.05, 0) is 59.9 Å². The standard InChI is InChI=1S/C31H29N3O8/c1-16(35)32-22-11-9-17-13-25(40-2)28(41-3)29(42-4)27(17)18-10-12-23(24(36)14-21(18)22)33-26(37)15-34-30(38)19-7-5-6-8-20(19)31(34)39/h5-8,10,12-14,22H,9,11,15H2,1-4H3,(H,32,35)(H,33,36,37)/t22-/m1/s1. The van der Waals surface area contributed by atoms with Crippen LogP contribution < -0.4 is 30.3 Å². The molecule has 2 aliphatic rings. The molecule has 0 bridgehead atoms. The number of anilines is 1. The van der Waals surface area contributed by atoms with Crippen LogP contribution in [0.1, 0.15) is 51.2 Å². The Balaban J connectivity index is 1.56. The quantitative estimate of drug-likeness (QED) is 0.413. The number of hydrogen-bond donors (Lipinski definition) is 2. The zero-order valence-corrected chi connectivity index (χ0v) is 23.5. The molecule has 0 unspecified atom stereocenters. The molecule has 216 valence electrons. The molecule has 0 spiro atoms. The molecule has 0 radical (unpaired) electrons. The summed E-state index contributed by atoms with van der Waals surface area (Å²) in [4.78, 5) is 64.9. The van der Waals surface area contributed by atoms with Crippen molar-refractivity contribution >= 4 is 29.3 Å².